The van der Waals surface area contributed by atoms with E-state index >= 15 is 0 Å². The molecule has 0 saturated carbocycles. The zero-order chi connectivity index (χ0) is 14.8. The van der Waals surface area contributed by atoms with E-state index < -0.39 is 0 Å². The van der Waals surface area contributed by atoms with Gasteiger partial charge in [-0.1, -0.05) is 0 Å². The lowest BCUT2D eigenvalue weighted by atomic mass is 9.73. The fraction of sp³-hybridized carbons (Fsp3) is 0.750. The molecule has 0 aromatic rings. The Bertz CT molecular complexity index is 542. The van der Waals surface area contributed by atoms with Crippen LogP contribution in [0.1, 0.15) is 46.0 Å². The molecule has 4 aliphatic heterocycles. The molecule has 0 aromatic heterocycles. The zero-order valence-corrected chi connectivity index (χ0v) is 12.6. The number of fused-ring (bicyclic) bond motifs is 2. The molecule has 0 radical (unpaired) electrons. The summed E-state index contributed by atoms with van der Waals surface area (Å²) in [4.78, 5) is 26.6. The highest BCUT2D eigenvalue weighted by atomic mass is 16.5. The minimum atomic E-state index is -0.281. The molecule has 3 saturated heterocycles. The number of carbonyl (C=O) groups excluding carboxylic acids is 2. The molecule has 114 valence electrons. The van der Waals surface area contributed by atoms with Crippen LogP contribution < -0.4 is 5.32 Å². The summed E-state index contributed by atoms with van der Waals surface area (Å²) in [5.41, 5.74) is 1.18. The topological polar surface area (TPSA) is 58.6 Å². The number of hydrogen-bond donors (Lipinski definition) is 1. The fourth-order valence-corrected chi connectivity index (χ4v) is 4.90. The maximum Gasteiger partial charge on any atom is 0.336 e. The predicted molar refractivity (Wildman–Crippen MR) is 76.2 cm³/mol. The van der Waals surface area contributed by atoms with Gasteiger partial charge in [-0.15, -0.1) is 0 Å². The van der Waals surface area contributed by atoms with Gasteiger partial charge in [0.25, 0.3) is 0 Å². The average molecular weight is 290 g/mol. The summed E-state index contributed by atoms with van der Waals surface area (Å²) >= 11 is 0. The van der Waals surface area contributed by atoms with Crippen LogP contribution in [0.4, 0.5) is 0 Å². The Labute approximate surface area is 124 Å². The van der Waals surface area contributed by atoms with Crippen LogP contribution >= 0.6 is 0 Å². The number of esters is 1. The maximum absolute atomic E-state index is 13.1. The van der Waals surface area contributed by atoms with Gasteiger partial charge < -0.3 is 15.0 Å². The number of carbonyl (C=O) groups is 2. The van der Waals surface area contributed by atoms with E-state index in [0.717, 1.165) is 25.0 Å². The quantitative estimate of drug-likeness (QED) is 0.740. The summed E-state index contributed by atoms with van der Waals surface area (Å²) in [7, 11) is 0. The van der Waals surface area contributed by atoms with Gasteiger partial charge in [0.2, 0.25) is 5.91 Å². The summed E-state index contributed by atoms with van der Waals surface area (Å²) < 4.78 is 5.10. The van der Waals surface area contributed by atoms with Crippen LogP contribution in [0.25, 0.3) is 0 Å². The number of ether oxygens (including phenoxy) is 1. The number of piperidine rings is 1. The maximum atomic E-state index is 13.1. The van der Waals surface area contributed by atoms with Gasteiger partial charge in [0.1, 0.15) is 6.61 Å². The summed E-state index contributed by atoms with van der Waals surface area (Å²) in [6.45, 7) is 4.11. The molecule has 5 nitrogen and oxygen atoms in total. The first-order chi connectivity index (χ1) is 10.00. The molecular weight excluding hydrogens is 268 g/mol. The van der Waals surface area contributed by atoms with Crippen LogP contribution in [-0.2, 0) is 14.3 Å². The molecule has 0 unspecified atom stereocenters. The summed E-state index contributed by atoms with van der Waals surface area (Å²) in [6.07, 6.45) is 5.19. The molecule has 3 fully saturated rings. The number of amides is 1. The number of rotatable bonds is 1. The summed E-state index contributed by atoms with van der Waals surface area (Å²) in [6, 6.07) is 1.15. The highest BCUT2D eigenvalue weighted by Gasteiger charge is 2.56. The Morgan fingerprint density at radius 1 is 1.19 bits per heavy atom. The van der Waals surface area contributed by atoms with Crippen molar-refractivity contribution in [2.24, 2.45) is 5.41 Å². The third-order valence-electron chi connectivity index (χ3n) is 5.78. The molecule has 4 aliphatic rings. The molecule has 1 amide bonds. The molecule has 4 rings (SSSR count). The van der Waals surface area contributed by atoms with Crippen LogP contribution in [0.5, 0.6) is 0 Å². The normalized spacial score (nSPS) is 42.4. The van der Waals surface area contributed by atoms with Crippen molar-refractivity contribution in [2.75, 3.05) is 6.61 Å². The lowest BCUT2D eigenvalue weighted by Crippen LogP contribution is -2.48. The Hall–Kier alpha value is -1.36. The van der Waals surface area contributed by atoms with Gasteiger partial charge in [-0.2, -0.15) is 0 Å². The van der Waals surface area contributed by atoms with Crippen molar-refractivity contribution < 1.29 is 14.3 Å². The Kier molecular flexibility index (Phi) is 2.74. The largest absolute Gasteiger partial charge is 0.456 e. The van der Waals surface area contributed by atoms with Gasteiger partial charge in [0, 0.05) is 18.1 Å². The van der Waals surface area contributed by atoms with Crippen LogP contribution in [0, 0.1) is 5.41 Å². The zero-order valence-electron chi connectivity index (χ0n) is 12.6. The molecule has 0 aromatic carbocycles. The first-order valence-electron chi connectivity index (χ1n) is 7.97. The van der Waals surface area contributed by atoms with E-state index in [-0.39, 0.29) is 29.9 Å². The minimum Gasteiger partial charge on any atom is -0.456 e. The van der Waals surface area contributed by atoms with E-state index in [1.165, 1.54) is 12.8 Å². The third kappa shape index (κ3) is 1.79. The van der Waals surface area contributed by atoms with Crippen LogP contribution in [0.2, 0.25) is 0 Å². The van der Waals surface area contributed by atoms with E-state index in [2.05, 4.69) is 12.2 Å². The average Bonchev–Trinajstić information content (AvgIpc) is 3.02. The van der Waals surface area contributed by atoms with E-state index in [4.69, 9.17) is 4.74 Å². The van der Waals surface area contributed by atoms with Crippen molar-refractivity contribution in [2.45, 2.75) is 64.1 Å². The van der Waals surface area contributed by atoms with Gasteiger partial charge >= 0.3 is 5.97 Å². The monoisotopic (exact) mass is 290 g/mol. The lowest BCUT2D eigenvalue weighted by molar-refractivity contribution is -0.138. The number of cyclic esters (lactones) is 1. The molecule has 21 heavy (non-hydrogen) atoms. The highest BCUT2D eigenvalue weighted by Crippen LogP contribution is 2.50. The Morgan fingerprint density at radius 3 is 2.43 bits per heavy atom. The first-order valence-corrected chi connectivity index (χ1v) is 7.97. The third-order valence-corrected chi connectivity index (χ3v) is 5.78. The molecule has 0 aliphatic carbocycles. The molecule has 4 atom stereocenters. The minimum absolute atomic E-state index is 0.162. The van der Waals surface area contributed by atoms with Crippen molar-refractivity contribution >= 4 is 11.9 Å². The van der Waals surface area contributed by atoms with Crippen molar-refractivity contribution in [3.8, 4) is 0 Å². The van der Waals surface area contributed by atoms with E-state index in [0.29, 0.717) is 17.7 Å². The van der Waals surface area contributed by atoms with Gasteiger partial charge in [0.05, 0.1) is 16.7 Å². The number of likely N-dealkylation sites (tertiary alicyclic amines) is 1. The van der Waals surface area contributed by atoms with Crippen molar-refractivity contribution in [1.82, 2.24) is 10.2 Å². The van der Waals surface area contributed by atoms with Gasteiger partial charge in [-0.3, -0.25) is 4.79 Å². The molecule has 2 bridgehead atoms. The van der Waals surface area contributed by atoms with Gasteiger partial charge in [-0.05, 0) is 46.0 Å². The second kappa shape index (κ2) is 4.32. The molecule has 5 heteroatoms. The van der Waals surface area contributed by atoms with E-state index in [1.54, 1.807) is 6.92 Å². The van der Waals surface area contributed by atoms with E-state index in [1.807, 2.05) is 4.90 Å². The van der Waals surface area contributed by atoms with Crippen LogP contribution in [0.15, 0.2) is 11.3 Å². The Morgan fingerprint density at radius 2 is 1.86 bits per heavy atom. The van der Waals surface area contributed by atoms with Crippen molar-refractivity contribution in [3.63, 3.8) is 0 Å². The number of nitrogens with zero attached hydrogens (tertiary/aromatic N) is 1. The molecule has 1 spiro atoms. The van der Waals surface area contributed by atoms with Crippen LogP contribution in [-0.4, -0.2) is 41.5 Å². The smallest absolute Gasteiger partial charge is 0.336 e. The standard InChI is InChI=1S/C16H22N2O3/c1-9-5-16(6-11-3-4-12(7-16)17-11)15(20)18(9)13-8-21-14(19)10(13)2/h9,11-12,17H,3-8H2,1-2H3/t9-,11-,12+,16-/m1/s1. The predicted octanol–water partition coefficient (Wildman–Crippen LogP) is 1.34. The Balaban J connectivity index is 1.67. The number of nitrogens with one attached hydrogen (secondary N) is 1. The summed E-state index contributed by atoms with van der Waals surface area (Å²) in [5.74, 6) is -0.0580. The fourth-order valence-electron chi connectivity index (χ4n) is 4.90. The SMILES string of the molecule is CC1=C(N2C(=O)[C@@]3(C[C@H]4CC[C@@H](C3)N4)C[C@H]2C)COC1=O. The second-order valence-corrected chi connectivity index (χ2v) is 7.20. The summed E-state index contributed by atoms with van der Waals surface area (Å²) in [5, 5.41) is 3.62. The number of hydrogen-bond acceptors (Lipinski definition) is 4. The van der Waals surface area contributed by atoms with Crippen LogP contribution in [0.3, 0.4) is 0 Å². The molecule has 1 N–H and O–H groups in total. The first kappa shape index (κ1) is 13.3. The second-order valence-electron chi connectivity index (χ2n) is 7.20. The lowest BCUT2D eigenvalue weighted by Gasteiger charge is -2.36. The van der Waals surface area contributed by atoms with Gasteiger partial charge in [-0.25, -0.2) is 4.79 Å². The van der Waals surface area contributed by atoms with E-state index in [9.17, 15) is 9.59 Å². The van der Waals surface area contributed by atoms with Crippen molar-refractivity contribution in [3.05, 3.63) is 11.3 Å². The molecular formula is C16H22N2O3. The highest BCUT2D eigenvalue weighted by molar-refractivity contribution is 5.94. The van der Waals surface area contributed by atoms with Gasteiger partial charge in [0.15, 0.2) is 0 Å². The van der Waals surface area contributed by atoms with Crippen molar-refractivity contribution in [1.29, 1.82) is 0 Å². The molecule has 4 heterocycles.